The van der Waals surface area contributed by atoms with Gasteiger partial charge in [0, 0.05) is 0 Å². The lowest BCUT2D eigenvalue weighted by Crippen LogP contribution is -2.40. The van der Waals surface area contributed by atoms with Crippen LogP contribution < -0.4 is 10.9 Å². The molecule has 0 bridgehead atoms. The zero-order valence-corrected chi connectivity index (χ0v) is 6.77. The number of hydrogen-bond acceptors (Lipinski definition) is 3. The minimum absolute atomic E-state index is 0.0578. The molecule has 1 unspecified atom stereocenters. The van der Waals surface area contributed by atoms with Crippen LogP contribution in [0.1, 0.15) is 5.56 Å². The topological polar surface area (TPSA) is 49.5 Å². The molecule has 3 heteroatoms. The van der Waals surface area contributed by atoms with Crippen LogP contribution in [0.2, 0.25) is 0 Å². The molecule has 12 heavy (non-hydrogen) atoms. The van der Waals surface area contributed by atoms with E-state index >= 15 is 0 Å². The third kappa shape index (κ3) is 0.983. The third-order valence-electron chi connectivity index (χ3n) is 2.33. The van der Waals surface area contributed by atoms with E-state index in [-0.39, 0.29) is 12.6 Å². The molecule has 3 nitrogen and oxygen atoms in total. The van der Waals surface area contributed by atoms with Gasteiger partial charge in [-0.3, -0.25) is 0 Å². The van der Waals surface area contributed by atoms with Gasteiger partial charge >= 0.3 is 0 Å². The summed E-state index contributed by atoms with van der Waals surface area (Å²) in [5, 5.41) is 10.6. The van der Waals surface area contributed by atoms with Gasteiger partial charge in [-0.05, 0) is 18.1 Å². The lowest BCUT2D eigenvalue weighted by atomic mass is 10.1. The average molecular weight is 164 g/mol. The summed E-state index contributed by atoms with van der Waals surface area (Å²) in [6.45, 7) is 0.116. The Labute approximate surface area is 71.4 Å². The number of benzene rings is 1. The Morgan fingerprint density at radius 1 is 1.50 bits per heavy atom. The first-order valence-electron chi connectivity index (χ1n) is 4.05. The predicted octanol–water partition coefficient (Wildman–Crippen LogP) is 0.284. The maximum atomic E-state index is 8.99. The first-order valence-corrected chi connectivity index (χ1v) is 4.05. The van der Waals surface area contributed by atoms with E-state index in [2.05, 4.69) is 0 Å². The highest BCUT2D eigenvalue weighted by molar-refractivity contribution is 5.57. The average Bonchev–Trinajstić information content (AvgIpc) is 2.44. The highest BCUT2D eigenvalue weighted by atomic mass is 16.3. The smallest absolute Gasteiger partial charge is 0.0724 e. The molecule has 0 aliphatic carbocycles. The quantitative estimate of drug-likeness (QED) is 0.586. The summed E-state index contributed by atoms with van der Waals surface area (Å²) in [7, 11) is 0. The number of hydrogen-bond donors (Lipinski definition) is 2. The molecule has 0 saturated heterocycles. The van der Waals surface area contributed by atoms with Crippen LogP contribution in [0.4, 0.5) is 5.69 Å². The summed E-state index contributed by atoms with van der Waals surface area (Å²) in [5.41, 5.74) is 2.26. The zero-order valence-electron chi connectivity index (χ0n) is 6.77. The highest BCUT2D eigenvalue weighted by Crippen LogP contribution is 2.28. The number of aliphatic hydroxyl groups is 1. The van der Waals surface area contributed by atoms with Gasteiger partial charge in [0.05, 0.1) is 18.3 Å². The van der Waals surface area contributed by atoms with E-state index in [1.807, 2.05) is 24.3 Å². The van der Waals surface area contributed by atoms with Crippen LogP contribution in [0.3, 0.4) is 0 Å². The van der Waals surface area contributed by atoms with E-state index in [4.69, 9.17) is 10.9 Å². The lowest BCUT2D eigenvalue weighted by molar-refractivity contribution is 0.263. The normalized spacial score (nSPS) is 21.2. The van der Waals surface area contributed by atoms with Crippen molar-refractivity contribution in [3.63, 3.8) is 0 Å². The molecule has 3 N–H and O–H groups in total. The van der Waals surface area contributed by atoms with Crippen LogP contribution in [-0.2, 0) is 6.42 Å². The first kappa shape index (κ1) is 7.58. The van der Waals surface area contributed by atoms with Gasteiger partial charge in [0.15, 0.2) is 0 Å². The number of fused-ring (bicyclic) bond motifs is 1. The summed E-state index contributed by atoms with van der Waals surface area (Å²) in [5.74, 6) is 5.77. The van der Waals surface area contributed by atoms with Crippen molar-refractivity contribution in [2.45, 2.75) is 12.5 Å². The molecule has 1 aliphatic rings. The van der Waals surface area contributed by atoms with Crippen molar-refractivity contribution in [3.8, 4) is 0 Å². The zero-order chi connectivity index (χ0) is 8.55. The molecule has 0 radical (unpaired) electrons. The number of hydrazine groups is 1. The molecule has 1 aliphatic heterocycles. The number of aliphatic hydroxyl groups excluding tert-OH is 1. The Hall–Kier alpha value is -1.06. The molecule has 0 aromatic heterocycles. The maximum Gasteiger partial charge on any atom is 0.0724 e. The third-order valence-corrected chi connectivity index (χ3v) is 2.33. The van der Waals surface area contributed by atoms with Crippen LogP contribution >= 0.6 is 0 Å². The van der Waals surface area contributed by atoms with Crippen molar-refractivity contribution in [2.75, 3.05) is 11.6 Å². The molecule has 0 saturated carbocycles. The van der Waals surface area contributed by atoms with Gasteiger partial charge in [-0.15, -0.1) is 0 Å². The summed E-state index contributed by atoms with van der Waals surface area (Å²) < 4.78 is 0. The van der Waals surface area contributed by atoms with Gasteiger partial charge < -0.3 is 10.1 Å². The monoisotopic (exact) mass is 164 g/mol. The molecule has 1 heterocycles. The van der Waals surface area contributed by atoms with Crippen molar-refractivity contribution < 1.29 is 5.11 Å². The van der Waals surface area contributed by atoms with Crippen LogP contribution in [-0.4, -0.2) is 17.8 Å². The van der Waals surface area contributed by atoms with Gasteiger partial charge in [0.25, 0.3) is 0 Å². The van der Waals surface area contributed by atoms with Gasteiger partial charge in [-0.1, -0.05) is 18.2 Å². The Morgan fingerprint density at radius 2 is 2.25 bits per heavy atom. The predicted molar refractivity (Wildman–Crippen MR) is 47.7 cm³/mol. The van der Waals surface area contributed by atoms with Crippen LogP contribution in [0, 0.1) is 0 Å². The minimum atomic E-state index is 0.0578. The molecule has 1 aromatic carbocycles. The van der Waals surface area contributed by atoms with E-state index < -0.39 is 0 Å². The van der Waals surface area contributed by atoms with Crippen molar-refractivity contribution in [3.05, 3.63) is 29.8 Å². The van der Waals surface area contributed by atoms with Crippen molar-refractivity contribution in [1.82, 2.24) is 0 Å². The lowest BCUT2D eigenvalue weighted by Gasteiger charge is -2.19. The Kier molecular flexibility index (Phi) is 1.75. The van der Waals surface area contributed by atoms with Crippen LogP contribution in [0.5, 0.6) is 0 Å². The van der Waals surface area contributed by atoms with Crippen LogP contribution in [0.15, 0.2) is 24.3 Å². The van der Waals surface area contributed by atoms with Crippen molar-refractivity contribution in [1.29, 1.82) is 0 Å². The number of nitrogens with two attached hydrogens (primary N) is 1. The summed E-state index contributed by atoms with van der Waals surface area (Å²) in [4.78, 5) is 0. The standard InChI is InChI=1S/C9H12N2O/c10-11-8(6-12)5-7-3-1-2-4-9(7)11/h1-4,8,12H,5-6,10H2. The molecule has 1 aromatic rings. The van der Waals surface area contributed by atoms with E-state index in [1.54, 1.807) is 5.01 Å². The molecule has 2 rings (SSSR count). The molecule has 0 spiro atoms. The van der Waals surface area contributed by atoms with Gasteiger partial charge in [-0.2, -0.15) is 0 Å². The number of anilines is 1. The minimum Gasteiger partial charge on any atom is -0.394 e. The molecular weight excluding hydrogens is 152 g/mol. The number of nitrogens with zero attached hydrogens (tertiary/aromatic N) is 1. The molecule has 64 valence electrons. The van der Waals surface area contributed by atoms with E-state index in [9.17, 15) is 0 Å². The number of para-hydroxylation sites is 1. The summed E-state index contributed by atoms with van der Waals surface area (Å²) in [6, 6.07) is 8.03. The molecule has 0 fully saturated rings. The molecule has 1 atom stereocenters. The summed E-state index contributed by atoms with van der Waals surface area (Å²) in [6.07, 6.45) is 0.850. The largest absolute Gasteiger partial charge is 0.394 e. The number of rotatable bonds is 1. The SMILES string of the molecule is NN1c2ccccc2CC1CO. The molecule has 0 amide bonds. The van der Waals surface area contributed by atoms with Gasteiger partial charge in [-0.25, -0.2) is 5.84 Å². The fourth-order valence-electron chi connectivity index (χ4n) is 1.64. The van der Waals surface area contributed by atoms with E-state index in [0.29, 0.717) is 0 Å². The second kappa shape index (κ2) is 2.77. The Bertz CT molecular complexity index is 288. The second-order valence-corrected chi connectivity index (χ2v) is 3.08. The van der Waals surface area contributed by atoms with E-state index in [1.165, 1.54) is 5.56 Å². The van der Waals surface area contributed by atoms with Crippen LogP contribution in [0.25, 0.3) is 0 Å². The molecular formula is C9H12N2O. The highest BCUT2D eigenvalue weighted by Gasteiger charge is 2.25. The van der Waals surface area contributed by atoms with Crippen molar-refractivity contribution >= 4 is 5.69 Å². The van der Waals surface area contributed by atoms with Crippen molar-refractivity contribution in [2.24, 2.45) is 5.84 Å². The Balaban J connectivity index is 2.35. The Morgan fingerprint density at radius 3 is 2.92 bits per heavy atom. The fraction of sp³-hybridized carbons (Fsp3) is 0.333. The maximum absolute atomic E-state index is 8.99. The van der Waals surface area contributed by atoms with Gasteiger partial charge in [0.1, 0.15) is 0 Å². The second-order valence-electron chi connectivity index (χ2n) is 3.08. The first-order chi connectivity index (χ1) is 5.83. The van der Waals surface area contributed by atoms with E-state index in [0.717, 1.165) is 12.1 Å². The summed E-state index contributed by atoms with van der Waals surface area (Å²) >= 11 is 0. The fourth-order valence-corrected chi connectivity index (χ4v) is 1.64. The van der Waals surface area contributed by atoms with Gasteiger partial charge in [0.2, 0.25) is 0 Å².